The van der Waals surface area contributed by atoms with Gasteiger partial charge in [-0.15, -0.1) is 0 Å². The summed E-state index contributed by atoms with van der Waals surface area (Å²) in [5, 5.41) is 2.58. The number of esters is 1. The lowest BCUT2D eigenvalue weighted by molar-refractivity contribution is -0.348. The van der Waals surface area contributed by atoms with Crippen LogP contribution in [0.15, 0.2) is 30.3 Å². The number of fused-ring (bicyclic) bond motifs is 1. The molecule has 220 valence electrons. The highest BCUT2D eigenvalue weighted by Gasteiger charge is 2.73. The highest BCUT2D eigenvalue weighted by Crippen LogP contribution is 2.54. The largest absolute Gasteiger partial charge is 0.460 e. The summed E-state index contributed by atoms with van der Waals surface area (Å²) >= 11 is 0. The Kier molecular flexibility index (Phi) is 8.68. The van der Waals surface area contributed by atoms with E-state index in [0.29, 0.717) is 25.0 Å². The second kappa shape index (κ2) is 11.0. The van der Waals surface area contributed by atoms with E-state index in [0.717, 1.165) is 17.5 Å². The van der Waals surface area contributed by atoms with Gasteiger partial charge in [-0.25, -0.2) is 4.39 Å². The van der Waals surface area contributed by atoms with E-state index >= 15 is 0 Å². The molecule has 1 N–H and O–H groups in total. The van der Waals surface area contributed by atoms with Crippen LogP contribution in [-0.4, -0.2) is 29.8 Å². The Morgan fingerprint density at radius 3 is 2.15 bits per heavy atom. The van der Waals surface area contributed by atoms with E-state index in [-0.39, 0.29) is 47.1 Å². The minimum Gasteiger partial charge on any atom is -0.460 e. The van der Waals surface area contributed by atoms with E-state index in [1.165, 1.54) is 13.8 Å². The van der Waals surface area contributed by atoms with Gasteiger partial charge >= 0.3 is 24.0 Å². The summed E-state index contributed by atoms with van der Waals surface area (Å²) in [4.78, 5) is 25.1. The van der Waals surface area contributed by atoms with Gasteiger partial charge < -0.3 is 10.1 Å². The number of anilines is 1. The van der Waals surface area contributed by atoms with Crippen LogP contribution in [-0.2, 0) is 28.0 Å². The van der Waals surface area contributed by atoms with Crippen LogP contribution in [0.1, 0.15) is 91.1 Å². The molecule has 0 saturated heterocycles. The molecule has 2 aromatic rings. The number of nitrogens with one attached hydrogen (secondary N) is 1. The van der Waals surface area contributed by atoms with E-state index in [1.54, 1.807) is 39.0 Å². The number of amides is 1. The fraction of sp³-hybridized carbons (Fsp3) is 0.517. The van der Waals surface area contributed by atoms with Gasteiger partial charge in [-0.1, -0.05) is 19.1 Å². The number of hydrogen-bond acceptors (Lipinski definition) is 3. The van der Waals surface area contributed by atoms with Gasteiger partial charge in [0.25, 0.3) is 5.91 Å². The van der Waals surface area contributed by atoms with Gasteiger partial charge in [0.2, 0.25) is 0 Å². The minimum atomic E-state index is -6.23. The maximum absolute atomic E-state index is 14.7. The van der Waals surface area contributed by atoms with Gasteiger partial charge in [0.05, 0.1) is 0 Å². The highest BCUT2D eigenvalue weighted by molar-refractivity contribution is 6.05. The second-order valence-electron chi connectivity index (χ2n) is 11.1. The molecular weight excluding hydrogens is 543 g/mol. The van der Waals surface area contributed by atoms with Crippen LogP contribution in [0.4, 0.5) is 36.4 Å². The molecule has 11 heteroatoms. The van der Waals surface area contributed by atoms with E-state index in [9.17, 15) is 40.3 Å². The molecule has 1 atom stereocenters. The van der Waals surface area contributed by atoms with Crippen LogP contribution < -0.4 is 5.32 Å². The van der Waals surface area contributed by atoms with Crippen molar-refractivity contribution in [1.29, 1.82) is 0 Å². The van der Waals surface area contributed by atoms with Crippen molar-refractivity contribution >= 4 is 17.6 Å². The molecule has 4 nitrogen and oxygen atoms in total. The Hall–Kier alpha value is -3.11. The third-order valence-electron chi connectivity index (χ3n) is 6.94. The Morgan fingerprint density at radius 2 is 1.60 bits per heavy atom. The molecule has 40 heavy (non-hydrogen) atoms. The molecule has 0 radical (unpaired) electrons. The first kappa shape index (κ1) is 31.4. The standard InChI is InChI=1S/C29H32F7NO3/c1-6-17-15-21(27(30,28(31,32)33)29(34,35)36)13-16(2)24(17)37-25(39)20-9-11-22-18(7-8-19(22)14-20)10-12-23(38)40-26(3,4)5/h9,11,13-15,18H,6-8,10,12H2,1-5H3,(H,37,39). The molecule has 2 aromatic carbocycles. The predicted octanol–water partition coefficient (Wildman–Crippen LogP) is 8.25. The Morgan fingerprint density at radius 1 is 0.975 bits per heavy atom. The van der Waals surface area contributed by atoms with Crippen molar-refractivity contribution in [3.05, 3.63) is 63.7 Å². The lowest BCUT2D eigenvalue weighted by atomic mass is 9.89. The second-order valence-corrected chi connectivity index (χ2v) is 11.1. The summed E-state index contributed by atoms with van der Waals surface area (Å²) < 4.78 is 99.7. The van der Waals surface area contributed by atoms with Crippen molar-refractivity contribution < 1.29 is 45.1 Å². The maximum atomic E-state index is 14.7. The lowest BCUT2D eigenvalue weighted by Gasteiger charge is -2.31. The van der Waals surface area contributed by atoms with Crippen LogP contribution in [0.2, 0.25) is 0 Å². The Labute approximate surface area is 228 Å². The third-order valence-corrected chi connectivity index (χ3v) is 6.94. The number of rotatable bonds is 7. The number of alkyl halides is 7. The van der Waals surface area contributed by atoms with Gasteiger partial charge in [-0.3, -0.25) is 9.59 Å². The highest BCUT2D eigenvalue weighted by atomic mass is 19.4. The third kappa shape index (κ3) is 6.44. The van der Waals surface area contributed by atoms with Gasteiger partial charge in [0.15, 0.2) is 0 Å². The number of carbonyl (C=O) groups excluding carboxylic acids is 2. The van der Waals surface area contributed by atoms with Crippen molar-refractivity contribution in [3.63, 3.8) is 0 Å². The molecule has 0 aromatic heterocycles. The summed E-state index contributed by atoms with van der Waals surface area (Å²) in [5.74, 6) is -0.784. The van der Waals surface area contributed by atoms with Crippen molar-refractivity contribution in [2.45, 2.75) is 96.3 Å². The van der Waals surface area contributed by atoms with Crippen LogP contribution in [0, 0.1) is 6.92 Å². The average molecular weight is 576 g/mol. The quantitative estimate of drug-likeness (QED) is 0.267. The topological polar surface area (TPSA) is 55.4 Å². The molecule has 0 aliphatic heterocycles. The fourth-order valence-electron chi connectivity index (χ4n) is 5.02. The first-order valence-electron chi connectivity index (χ1n) is 12.9. The fourth-order valence-corrected chi connectivity index (χ4v) is 5.02. The van der Waals surface area contributed by atoms with Gasteiger partial charge in [-0.05, 0) is 99.7 Å². The molecular formula is C29H32F7NO3. The maximum Gasteiger partial charge on any atom is 0.435 e. The lowest BCUT2D eigenvalue weighted by Crippen LogP contribution is -2.50. The van der Waals surface area contributed by atoms with Gasteiger partial charge in [0, 0.05) is 23.2 Å². The Bertz CT molecular complexity index is 1260. The predicted molar refractivity (Wildman–Crippen MR) is 136 cm³/mol. The number of aryl methyl sites for hydroxylation is 3. The van der Waals surface area contributed by atoms with Crippen LogP contribution in [0.5, 0.6) is 0 Å². The molecule has 1 amide bonds. The SMILES string of the molecule is CCc1cc(C(F)(C(F)(F)F)C(F)(F)F)cc(C)c1NC(=O)c1ccc2c(c1)CCC2CCC(=O)OC(C)(C)C. The smallest absolute Gasteiger partial charge is 0.435 e. The minimum absolute atomic E-state index is 0.0266. The van der Waals surface area contributed by atoms with Crippen molar-refractivity contribution in [2.75, 3.05) is 5.32 Å². The van der Waals surface area contributed by atoms with Crippen molar-refractivity contribution in [2.24, 2.45) is 0 Å². The molecule has 0 fully saturated rings. The molecule has 0 spiro atoms. The van der Waals surface area contributed by atoms with Gasteiger partial charge in [0.1, 0.15) is 5.60 Å². The molecule has 1 unspecified atom stereocenters. The van der Waals surface area contributed by atoms with Crippen molar-refractivity contribution in [3.8, 4) is 0 Å². The first-order valence-corrected chi connectivity index (χ1v) is 12.9. The summed E-state index contributed by atoms with van der Waals surface area (Å²) in [5.41, 5.74) is -5.72. The number of hydrogen-bond donors (Lipinski definition) is 1. The number of benzene rings is 2. The number of ether oxygens (including phenoxy) is 1. The molecule has 1 aliphatic rings. The normalized spacial score (nSPS) is 16.1. The van der Waals surface area contributed by atoms with Crippen molar-refractivity contribution in [1.82, 2.24) is 0 Å². The van der Waals surface area contributed by atoms with E-state index in [1.807, 2.05) is 0 Å². The van der Waals surface area contributed by atoms with Crippen LogP contribution in [0.25, 0.3) is 0 Å². The average Bonchev–Trinajstić information content (AvgIpc) is 3.22. The van der Waals surface area contributed by atoms with Crippen LogP contribution >= 0.6 is 0 Å². The summed E-state index contributed by atoms with van der Waals surface area (Å²) in [6.45, 7) is 8.06. The summed E-state index contributed by atoms with van der Waals surface area (Å²) in [6.07, 6.45) is -10.2. The molecule has 0 saturated carbocycles. The monoisotopic (exact) mass is 575 g/mol. The zero-order chi connectivity index (χ0) is 30.3. The van der Waals surface area contributed by atoms with E-state index in [2.05, 4.69) is 5.32 Å². The molecule has 0 heterocycles. The molecule has 3 rings (SSSR count). The molecule has 0 bridgehead atoms. The number of carbonyl (C=O) groups is 2. The zero-order valence-corrected chi connectivity index (χ0v) is 22.9. The summed E-state index contributed by atoms with van der Waals surface area (Å²) in [6, 6.07) is 6.02. The van der Waals surface area contributed by atoms with E-state index < -0.39 is 35.1 Å². The number of halogens is 7. The first-order chi connectivity index (χ1) is 18.3. The van der Waals surface area contributed by atoms with Gasteiger partial charge in [-0.2, -0.15) is 26.3 Å². The van der Waals surface area contributed by atoms with E-state index in [4.69, 9.17) is 4.74 Å². The Balaban J connectivity index is 1.82. The zero-order valence-electron chi connectivity index (χ0n) is 22.9. The summed E-state index contributed by atoms with van der Waals surface area (Å²) in [7, 11) is 0. The molecule has 1 aliphatic carbocycles. The van der Waals surface area contributed by atoms with Crippen LogP contribution in [0.3, 0.4) is 0 Å².